The summed E-state index contributed by atoms with van der Waals surface area (Å²) in [6, 6.07) is 11.7. The second-order valence-electron chi connectivity index (χ2n) is 8.67. The lowest BCUT2D eigenvalue weighted by atomic mass is 9.79. The highest BCUT2D eigenvalue weighted by atomic mass is 16.5. The lowest BCUT2D eigenvalue weighted by Crippen LogP contribution is -2.56. The predicted octanol–water partition coefficient (Wildman–Crippen LogP) is 3.81. The van der Waals surface area contributed by atoms with Gasteiger partial charge in [-0.25, -0.2) is 0 Å². The topological polar surface area (TPSA) is 26.3 Å². The number of hydrogen-bond acceptors (Lipinski definition) is 2. The molecular formula is C21H30NO2+. The first kappa shape index (κ1) is 16.1. The van der Waals surface area contributed by atoms with E-state index in [0.717, 1.165) is 48.6 Å². The number of carbonyl (C=O) groups excluding carboxylic acids is 1. The summed E-state index contributed by atoms with van der Waals surface area (Å²) in [5, 5.41) is 0. The van der Waals surface area contributed by atoms with Gasteiger partial charge in [-0.05, 0) is 18.4 Å². The van der Waals surface area contributed by atoms with E-state index in [4.69, 9.17) is 4.74 Å². The molecule has 0 unspecified atom stereocenters. The van der Waals surface area contributed by atoms with Gasteiger partial charge in [-0.2, -0.15) is 0 Å². The Bertz CT molecular complexity index is 588. The molecule has 3 fully saturated rings. The number of ether oxygens (including phenoxy) is 1. The average molecular weight is 328 g/mol. The van der Waals surface area contributed by atoms with Crippen LogP contribution in [0, 0.1) is 0 Å². The molecule has 2 atom stereocenters. The van der Waals surface area contributed by atoms with Crippen molar-refractivity contribution in [3.8, 4) is 0 Å². The lowest BCUT2D eigenvalue weighted by Gasteiger charge is -2.44. The van der Waals surface area contributed by atoms with Crippen LogP contribution in [0.4, 0.5) is 0 Å². The number of esters is 1. The van der Waals surface area contributed by atoms with Gasteiger partial charge >= 0.3 is 5.97 Å². The van der Waals surface area contributed by atoms with Crippen LogP contribution in [-0.4, -0.2) is 42.7 Å². The zero-order valence-corrected chi connectivity index (χ0v) is 15.0. The van der Waals surface area contributed by atoms with Crippen LogP contribution in [0.25, 0.3) is 0 Å². The first-order valence-corrected chi connectivity index (χ1v) is 9.62. The molecule has 3 aliphatic rings. The first-order valence-electron chi connectivity index (χ1n) is 9.62. The van der Waals surface area contributed by atoms with E-state index in [1.807, 2.05) is 18.2 Å². The van der Waals surface area contributed by atoms with Crippen molar-refractivity contribution in [3.63, 3.8) is 0 Å². The summed E-state index contributed by atoms with van der Waals surface area (Å²) in [6.45, 7) is 0. The van der Waals surface area contributed by atoms with E-state index in [2.05, 4.69) is 26.2 Å². The number of benzene rings is 1. The normalized spacial score (nSPS) is 33.3. The molecule has 0 spiro atoms. The Labute approximate surface area is 145 Å². The van der Waals surface area contributed by atoms with Crippen molar-refractivity contribution in [1.29, 1.82) is 0 Å². The van der Waals surface area contributed by atoms with Crippen LogP contribution in [-0.2, 0) is 14.9 Å². The van der Waals surface area contributed by atoms with E-state index >= 15 is 0 Å². The van der Waals surface area contributed by atoms with E-state index < -0.39 is 0 Å². The second kappa shape index (κ2) is 5.87. The lowest BCUT2D eigenvalue weighted by molar-refractivity contribution is -0.931. The number of fused-ring (bicyclic) bond motifs is 2. The molecule has 0 amide bonds. The minimum Gasteiger partial charge on any atom is -0.461 e. The molecular weight excluding hydrogens is 298 g/mol. The first-order chi connectivity index (χ1) is 11.5. The van der Waals surface area contributed by atoms with Crippen molar-refractivity contribution in [2.24, 2.45) is 0 Å². The second-order valence-corrected chi connectivity index (χ2v) is 8.67. The molecule has 1 saturated carbocycles. The largest absolute Gasteiger partial charge is 0.461 e. The molecule has 2 bridgehead atoms. The van der Waals surface area contributed by atoms with Gasteiger partial charge in [0.15, 0.2) is 0 Å². The molecule has 0 radical (unpaired) electrons. The number of piperidine rings is 1. The van der Waals surface area contributed by atoms with Gasteiger partial charge in [-0.1, -0.05) is 43.2 Å². The SMILES string of the molecule is C[N+]1(C)[C@@H]2CC[C@@H]1CC(OC(=O)C1(c3ccccc3)CCCC1)C2. The van der Waals surface area contributed by atoms with Crippen molar-refractivity contribution in [1.82, 2.24) is 0 Å². The molecule has 24 heavy (non-hydrogen) atoms. The van der Waals surface area contributed by atoms with Crippen LogP contribution in [0.15, 0.2) is 30.3 Å². The van der Waals surface area contributed by atoms with Crippen LogP contribution in [0.5, 0.6) is 0 Å². The third-order valence-corrected chi connectivity index (χ3v) is 7.23. The maximum absolute atomic E-state index is 13.2. The predicted molar refractivity (Wildman–Crippen MR) is 94.6 cm³/mol. The Morgan fingerprint density at radius 3 is 2.21 bits per heavy atom. The van der Waals surface area contributed by atoms with Crippen LogP contribution >= 0.6 is 0 Å². The maximum atomic E-state index is 13.2. The highest BCUT2D eigenvalue weighted by Crippen LogP contribution is 2.45. The van der Waals surface area contributed by atoms with Gasteiger partial charge in [0, 0.05) is 25.7 Å². The third-order valence-electron chi connectivity index (χ3n) is 7.23. The zero-order valence-electron chi connectivity index (χ0n) is 15.0. The third kappa shape index (κ3) is 2.48. The Morgan fingerprint density at radius 2 is 1.62 bits per heavy atom. The Morgan fingerprint density at radius 1 is 1.04 bits per heavy atom. The molecule has 3 heteroatoms. The fourth-order valence-electron chi connectivity index (χ4n) is 5.54. The highest BCUT2D eigenvalue weighted by Gasteiger charge is 2.51. The van der Waals surface area contributed by atoms with Gasteiger partial charge < -0.3 is 9.22 Å². The summed E-state index contributed by atoms with van der Waals surface area (Å²) in [5.74, 6) is 0.0443. The van der Waals surface area contributed by atoms with Gasteiger partial charge in [-0.3, -0.25) is 4.79 Å². The standard InChI is InChI=1S/C21H30NO2/c1-22(2)17-10-11-18(22)15-19(14-17)24-20(23)21(12-6-7-13-21)16-8-4-3-5-9-16/h3-5,8-9,17-19H,6-7,10-15H2,1-2H3/q+1/t17-,18-/m1/s1. The molecule has 0 aromatic heterocycles. The van der Waals surface area contributed by atoms with E-state index in [1.165, 1.54) is 12.8 Å². The van der Waals surface area contributed by atoms with Crippen molar-refractivity contribution in [2.75, 3.05) is 14.1 Å². The van der Waals surface area contributed by atoms with Crippen molar-refractivity contribution in [2.45, 2.75) is 75.0 Å². The molecule has 1 aromatic carbocycles. The van der Waals surface area contributed by atoms with Gasteiger partial charge in [-0.15, -0.1) is 0 Å². The Balaban J connectivity index is 1.51. The Hall–Kier alpha value is -1.35. The fourth-order valence-corrected chi connectivity index (χ4v) is 5.54. The van der Waals surface area contributed by atoms with Crippen LogP contribution < -0.4 is 0 Å². The number of nitrogens with zero attached hydrogens (tertiary/aromatic N) is 1. The molecule has 1 aliphatic carbocycles. The van der Waals surface area contributed by atoms with Gasteiger partial charge in [0.05, 0.1) is 31.6 Å². The van der Waals surface area contributed by atoms with E-state index in [1.54, 1.807) is 0 Å². The monoisotopic (exact) mass is 328 g/mol. The van der Waals surface area contributed by atoms with Crippen LogP contribution in [0.2, 0.25) is 0 Å². The van der Waals surface area contributed by atoms with Crippen molar-refractivity contribution < 1.29 is 14.0 Å². The summed E-state index contributed by atoms with van der Waals surface area (Å²) in [5.41, 5.74) is 0.768. The van der Waals surface area contributed by atoms with Gasteiger partial charge in [0.2, 0.25) is 0 Å². The van der Waals surface area contributed by atoms with Gasteiger partial charge in [0.1, 0.15) is 6.10 Å². The molecule has 1 aromatic rings. The average Bonchev–Trinajstić information content (AvgIpc) is 3.09. The highest BCUT2D eigenvalue weighted by molar-refractivity contribution is 5.83. The zero-order chi connectivity index (χ0) is 16.8. The van der Waals surface area contributed by atoms with E-state index in [9.17, 15) is 4.79 Å². The number of hydrogen-bond donors (Lipinski definition) is 0. The summed E-state index contributed by atoms with van der Waals surface area (Å²) in [6.07, 6.45) is 8.93. The van der Waals surface area contributed by atoms with Crippen molar-refractivity contribution in [3.05, 3.63) is 35.9 Å². The quantitative estimate of drug-likeness (QED) is 0.623. The number of rotatable bonds is 3. The molecule has 3 nitrogen and oxygen atoms in total. The molecule has 0 N–H and O–H groups in total. The molecule has 2 heterocycles. The number of quaternary nitrogens is 1. The molecule has 130 valence electrons. The van der Waals surface area contributed by atoms with Gasteiger partial charge in [0.25, 0.3) is 0 Å². The molecule has 2 aliphatic heterocycles. The van der Waals surface area contributed by atoms with E-state index in [0.29, 0.717) is 12.1 Å². The summed E-state index contributed by atoms with van der Waals surface area (Å²) >= 11 is 0. The summed E-state index contributed by atoms with van der Waals surface area (Å²) in [7, 11) is 4.70. The minimum absolute atomic E-state index is 0.0443. The smallest absolute Gasteiger partial charge is 0.316 e. The van der Waals surface area contributed by atoms with Crippen LogP contribution in [0.3, 0.4) is 0 Å². The van der Waals surface area contributed by atoms with Crippen molar-refractivity contribution >= 4 is 5.97 Å². The Kier molecular flexibility index (Phi) is 3.95. The maximum Gasteiger partial charge on any atom is 0.316 e. The summed E-state index contributed by atoms with van der Waals surface area (Å²) < 4.78 is 7.28. The summed E-state index contributed by atoms with van der Waals surface area (Å²) in [4.78, 5) is 13.2. The van der Waals surface area contributed by atoms with Crippen LogP contribution in [0.1, 0.15) is 56.9 Å². The minimum atomic E-state index is -0.387. The van der Waals surface area contributed by atoms with E-state index in [-0.39, 0.29) is 17.5 Å². The molecule has 4 rings (SSSR count). The number of carbonyl (C=O) groups is 1. The fraction of sp³-hybridized carbons (Fsp3) is 0.667. The molecule has 2 saturated heterocycles.